The number of carbonyl (C=O) groups is 1. The van der Waals surface area contributed by atoms with Gasteiger partial charge in [0.15, 0.2) is 11.5 Å². The highest BCUT2D eigenvalue weighted by atomic mass is 16.5. The first-order chi connectivity index (χ1) is 11.8. The molecule has 1 aromatic carbocycles. The number of hydrogen-bond acceptors (Lipinski definition) is 5. The molecule has 1 saturated heterocycles. The van der Waals surface area contributed by atoms with Crippen LogP contribution in [-0.4, -0.2) is 41.2 Å². The van der Waals surface area contributed by atoms with Crippen LogP contribution in [0.5, 0.6) is 5.75 Å². The molecule has 3 rings (SSSR count). The zero-order chi connectivity index (χ0) is 16.8. The molecule has 0 aliphatic carbocycles. The van der Waals surface area contributed by atoms with E-state index in [1.54, 1.807) is 19.2 Å². The number of aromatic nitrogens is 2. The van der Waals surface area contributed by atoms with Crippen molar-refractivity contribution in [3.05, 3.63) is 42.1 Å². The van der Waals surface area contributed by atoms with Gasteiger partial charge in [0.1, 0.15) is 5.75 Å². The Balaban J connectivity index is 1.69. The zero-order valence-corrected chi connectivity index (χ0v) is 13.9. The molecule has 0 radical (unpaired) electrons. The topological polar surface area (TPSA) is 67.3 Å². The Morgan fingerprint density at radius 3 is 2.46 bits per heavy atom. The van der Waals surface area contributed by atoms with Gasteiger partial charge < -0.3 is 15.0 Å². The fourth-order valence-corrected chi connectivity index (χ4v) is 2.83. The third kappa shape index (κ3) is 3.82. The second-order valence-electron chi connectivity index (χ2n) is 5.84. The van der Waals surface area contributed by atoms with Crippen molar-refractivity contribution in [2.24, 2.45) is 0 Å². The summed E-state index contributed by atoms with van der Waals surface area (Å²) in [4.78, 5) is 14.4. The normalized spacial score (nSPS) is 14.8. The molecule has 1 aliphatic rings. The molecule has 6 nitrogen and oxygen atoms in total. The van der Waals surface area contributed by atoms with Crippen molar-refractivity contribution >= 4 is 17.4 Å². The van der Waals surface area contributed by atoms with E-state index in [1.165, 1.54) is 12.8 Å². The highest BCUT2D eigenvalue weighted by molar-refractivity contribution is 5.92. The summed E-state index contributed by atoms with van der Waals surface area (Å²) in [6, 6.07) is 11.1. The number of para-hydroxylation sites is 2. The molecule has 1 aliphatic heterocycles. The molecule has 1 N–H and O–H groups in total. The smallest absolute Gasteiger partial charge is 0.274 e. The van der Waals surface area contributed by atoms with Crippen LogP contribution in [0.3, 0.4) is 0 Å². The summed E-state index contributed by atoms with van der Waals surface area (Å²) in [7, 11) is 1.62. The molecule has 6 heteroatoms. The van der Waals surface area contributed by atoms with Crippen LogP contribution in [0.1, 0.15) is 36.2 Å². The molecular weight excluding hydrogens is 304 g/mol. The minimum Gasteiger partial charge on any atom is -0.495 e. The lowest BCUT2D eigenvalue weighted by Crippen LogP contribution is -2.32. The number of likely N-dealkylation sites (tertiary alicyclic amines) is 1. The molecule has 0 saturated carbocycles. The Labute approximate surface area is 141 Å². The van der Waals surface area contributed by atoms with Gasteiger partial charge in [-0.15, -0.1) is 10.2 Å². The van der Waals surface area contributed by atoms with E-state index in [2.05, 4.69) is 15.5 Å². The Morgan fingerprint density at radius 2 is 1.79 bits per heavy atom. The SMILES string of the molecule is COc1ccccc1Nc1ccc(C(=O)N2CCCCCC2)nn1. The molecule has 0 spiro atoms. The van der Waals surface area contributed by atoms with Crippen molar-refractivity contribution in [2.75, 3.05) is 25.5 Å². The molecule has 2 aromatic rings. The maximum Gasteiger partial charge on any atom is 0.274 e. The summed E-state index contributed by atoms with van der Waals surface area (Å²) in [6.45, 7) is 1.61. The van der Waals surface area contributed by atoms with E-state index in [9.17, 15) is 4.79 Å². The second-order valence-corrected chi connectivity index (χ2v) is 5.84. The molecule has 2 heterocycles. The predicted octanol–water partition coefficient (Wildman–Crippen LogP) is 3.25. The van der Waals surface area contributed by atoms with Crippen molar-refractivity contribution in [1.82, 2.24) is 15.1 Å². The van der Waals surface area contributed by atoms with Crippen molar-refractivity contribution in [3.63, 3.8) is 0 Å². The van der Waals surface area contributed by atoms with Gasteiger partial charge >= 0.3 is 0 Å². The average Bonchev–Trinajstić information content (AvgIpc) is 2.92. The van der Waals surface area contributed by atoms with E-state index >= 15 is 0 Å². The van der Waals surface area contributed by atoms with Gasteiger partial charge in [-0.05, 0) is 37.1 Å². The Morgan fingerprint density at radius 1 is 1.04 bits per heavy atom. The highest BCUT2D eigenvalue weighted by Crippen LogP contribution is 2.25. The van der Waals surface area contributed by atoms with E-state index in [0.29, 0.717) is 11.5 Å². The standard InChI is InChI=1S/C18H22N4O2/c1-24-16-9-5-4-8-14(16)19-17-11-10-15(20-21-17)18(23)22-12-6-2-3-7-13-22/h4-5,8-11H,2-3,6-7,12-13H2,1H3,(H,19,21). The fourth-order valence-electron chi connectivity index (χ4n) is 2.83. The summed E-state index contributed by atoms with van der Waals surface area (Å²) < 4.78 is 5.30. The number of benzene rings is 1. The minimum atomic E-state index is -0.0340. The van der Waals surface area contributed by atoms with Crippen molar-refractivity contribution < 1.29 is 9.53 Å². The number of ether oxygens (including phenoxy) is 1. The number of carbonyl (C=O) groups excluding carboxylic acids is 1. The summed E-state index contributed by atoms with van der Waals surface area (Å²) >= 11 is 0. The fraction of sp³-hybridized carbons (Fsp3) is 0.389. The average molecular weight is 326 g/mol. The van der Waals surface area contributed by atoms with E-state index in [4.69, 9.17) is 4.74 Å². The van der Waals surface area contributed by atoms with Crippen LogP contribution in [0.15, 0.2) is 36.4 Å². The molecule has 1 amide bonds. The summed E-state index contributed by atoms with van der Waals surface area (Å²) in [5.41, 5.74) is 1.20. The van der Waals surface area contributed by atoms with Gasteiger partial charge in [0.25, 0.3) is 5.91 Å². The van der Waals surface area contributed by atoms with Crippen LogP contribution in [-0.2, 0) is 0 Å². The van der Waals surface area contributed by atoms with Gasteiger partial charge in [0, 0.05) is 13.1 Å². The quantitative estimate of drug-likeness (QED) is 0.934. The zero-order valence-electron chi connectivity index (χ0n) is 13.9. The predicted molar refractivity (Wildman–Crippen MR) is 92.7 cm³/mol. The number of nitrogens with zero attached hydrogens (tertiary/aromatic N) is 3. The van der Waals surface area contributed by atoms with Crippen LogP contribution in [0.4, 0.5) is 11.5 Å². The largest absolute Gasteiger partial charge is 0.495 e. The first kappa shape index (κ1) is 16.2. The highest BCUT2D eigenvalue weighted by Gasteiger charge is 2.18. The lowest BCUT2D eigenvalue weighted by molar-refractivity contribution is 0.0754. The minimum absolute atomic E-state index is 0.0340. The van der Waals surface area contributed by atoms with Gasteiger partial charge in [-0.25, -0.2) is 0 Å². The molecule has 126 valence electrons. The number of anilines is 2. The van der Waals surface area contributed by atoms with Gasteiger partial charge in [-0.3, -0.25) is 4.79 Å². The lowest BCUT2D eigenvalue weighted by Gasteiger charge is -2.19. The summed E-state index contributed by atoms with van der Waals surface area (Å²) in [5.74, 6) is 1.27. The van der Waals surface area contributed by atoms with Crippen LogP contribution in [0, 0.1) is 0 Å². The number of amides is 1. The van der Waals surface area contributed by atoms with E-state index in [-0.39, 0.29) is 5.91 Å². The van der Waals surface area contributed by atoms with Crippen LogP contribution in [0.2, 0.25) is 0 Å². The monoisotopic (exact) mass is 326 g/mol. The number of hydrogen-bond donors (Lipinski definition) is 1. The molecule has 0 unspecified atom stereocenters. The third-order valence-corrected chi connectivity index (χ3v) is 4.15. The van der Waals surface area contributed by atoms with Crippen LogP contribution < -0.4 is 10.1 Å². The third-order valence-electron chi connectivity index (χ3n) is 4.15. The van der Waals surface area contributed by atoms with Crippen molar-refractivity contribution in [1.29, 1.82) is 0 Å². The lowest BCUT2D eigenvalue weighted by atomic mass is 10.2. The first-order valence-corrected chi connectivity index (χ1v) is 8.31. The van der Waals surface area contributed by atoms with Crippen molar-refractivity contribution in [2.45, 2.75) is 25.7 Å². The van der Waals surface area contributed by atoms with E-state index < -0.39 is 0 Å². The van der Waals surface area contributed by atoms with Crippen LogP contribution >= 0.6 is 0 Å². The van der Waals surface area contributed by atoms with Gasteiger partial charge in [0.2, 0.25) is 0 Å². The summed E-state index contributed by atoms with van der Waals surface area (Å²) in [6.07, 6.45) is 4.51. The summed E-state index contributed by atoms with van der Waals surface area (Å²) in [5, 5.41) is 11.4. The number of nitrogens with one attached hydrogen (secondary N) is 1. The maximum atomic E-state index is 12.5. The Bertz CT molecular complexity index is 680. The molecule has 24 heavy (non-hydrogen) atoms. The number of rotatable bonds is 4. The molecule has 1 aromatic heterocycles. The molecular formula is C18H22N4O2. The maximum absolute atomic E-state index is 12.5. The van der Waals surface area contributed by atoms with E-state index in [0.717, 1.165) is 37.4 Å². The Hall–Kier alpha value is -2.63. The molecule has 1 fully saturated rings. The second kappa shape index (κ2) is 7.77. The number of methoxy groups -OCH3 is 1. The van der Waals surface area contributed by atoms with Gasteiger partial charge in [-0.2, -0.15) is 0 Å². The molecule has 0 bridgehead atoms. The first-order valence-electron chi connectivity index (χ1n) is 8.31. The molecule has 0 atom stereocenters. The van der Waals surface area contributed by atoms with Gasteiger partial charge in [-0.1, -0.05) is 25.0 Å². The van der Waals surface area contributed by atoms with Crippen LogP contribution in [0.25, 0.3) is 0 Å². The van der Waals surface area contributed by atoms with E-state index in [1.807, 2.05) is 29.2 Å². The van der Waals surface area contributed by atoms with Crippen molar-refractivity contribution in [3.8, 4) is 5.75 Å². The Kier molecular flexibility index (Phi) is 5.25. The van der Waals surface area contributed by atoms with Gasteiger partial charge in [0.05, 0.1) is 12.8 Å².